The molecule has 3 N–H and O–H groups in total. The van der Waals surface area contributed by atoms with Crippen molar-refractivity contribution in [1.29, 1.82) is 0 Å². The molecule has 0 spiro atoms. The summed E-state index contributed by atoms with van der Waals surface area (Å²) in [5, 5.41) is 28.5. The summed E-state index contributed by atoms with van der Waals surface area (Å²) in [7, 11) is -2.01. The minimum absolute atomic E-state index is 0.329. The van der Waals surface area contributed by atoms with Gasteiger partial charge in [0.1, 0.15) is 34.7 Å². The number of aromatic hydroxyl groups is 2. The number of phenols is 2. The normalized spacial score (nSPS) is 11.5. The summed E-state index contributed by atoms with van der Waals surface area (Å²) >= 11 is 0. The van der Waals surface area contributed by atoms with Crippen LogP contribution in [0.2, 0.25) is 0 Å². The maximum Gasteiger partial charge on any atom is 0.120 e. The first kappa shape index (κ1) is 29.6. The number of hydrogen-bond acceptors (Lipinski definition) is 3. The Morgan fingerprint density at radius 1 is 0.571 bits per heavy atom. The van der Waals surface area contributed by atoms with Crippen LogP contribution >= 0.6 is 7.26 Å². The molecule has 0 bridgehead atoms. The van der Waals surface area contributed by atoms with Gasteiger partial charge in [0.15, 0.2) is 0 Å². The van der Waals surface area contributed by atoms with Gasteiger partial charge >= 0.3 is 0 Å². The third kappa shape index (κ3) is 6.93. The molecule has 0 saturated carbocycles. The fraction of sp³-hybridized carbons (Fsp3) is 0.211. The highest BCUT2D eigenvalue weighted by Gasteiger charge is 2.45. The van der Waals surface area contributed by atoms with Gasteiger partial charge in [-0.15, -0.1) is 0 Å². The highest BCUT2D eigenvalue weighted by molar-refractivity contribution is 7.95. The molecule has 5 aromatic rings. The van der Waals surface area contributed by atoms with Gasteiger partial charge in [-0.1, -0.05) is 79.7 Å². The van der Waals surface area contributed by atoms with Crippen LogP contribution in [-0.4, -0.2) is 16.8 Å². The van der Waals surface area contributed by atoms with Crippen molar-refractivity contribution in [3.63, 3.8) is 0 Å². The Labute approximate surface area is 251 Å². The van der Waals surface area contributed by atoms with E-state index in [1.54, 1.807) is 0 Å². The molecule has 3 nitrogen and oxygen atoms in total. The molecule has 4 heteroatoms. The first-order chi connectivity index (χ1) is 20.6. The van der Waals surface area contributed by atoms with Crippen LogP contribution in [0.5, 0.6) is 11.5 Å². The average molecular weight is 575 g/mol. The lowest BCUT2D eigenvalue weighted by Gasteiger charge is -2.28. The van der Waals surface area contributed by atoms with Crippen LogP contribution < -0.4 is 21.2 Å². The second-order valence-electron chi connectivity index (χ2n) is 10.9. The molecule has 0 saturated heterocycles. The molecule has 0 aliphatic heterocycles. The van der Waals surface area contributed by atoms with E-state index in [0.29, 0.717) is 18.0 Å². The number of aryl methyl sites for hydroxylation is 2. The highest BCUT2D eigenvalue weighted by atomic mass is 31.2. The Bertz CT molecular complexity index is 1460. The van der Waals surface area contributed by atoms with Gasteiger partial charge in [-0.3, -0.25) is 0 Å². The van der Waals surface area contributed by atoms with Crippen molar-refractivity contribution in [3.8, 4) is 11.5 Å². The number of benzene rings is 5. The smallest absolute Gasteiger partial charge is 0.120 e. The summed E-state index contributed by atoms with van der Waals surface area (Å²) in [5.41, 5.74) is 4.44. The molecule has 42 heavy (non-hydrogen) atoms. The molecular weight excluding hydrogens is 533 g/mol. The van der Waals surface area contributed by atoms with E-state index >= 15 is 0 Å². The summed E-state index contributed by atoms with van der Waals surface area (Å²) in [6.45, 7) is 3.60. The van der Waals surface area contributed by atoms with Gasteiger partial charge in [0.2, 0.25) is 0 Å². The van der Waals surface area contributed by atoms with Gasteiger partial charge in [-0.25, -0.2) is 0 Å². The Morgan fingerprint density at radius 2 is 1.07 bits per heavy atom. The van der Waals surface area contributed by atoms with Gasteiger partial charge in [0.05, 0.1) is 6.16 Å². The predicted molar refractivity (Wildman–Crippen MR) is 179 cm³/mol. The first-order valence-corrected chi connectivity index (χ1v) is 16.9. The first-order valence-electron chi connectivity index (χ1n) is 15.0. The molecule has 0 amide bonds. The standard InChI is InChI=1S/C38H40NO2P/c1-2-30-21-23-37(40)32(26-30)14-12-13-25-39-28-33-27-31(22-24-38(33)41)29-42(34-15-6-3-7-16-34,35-17-8-4-9-18-35)36-19-10-5-11-20-36/h3-11,15-24,26-27,39H,2,12-14,25,28-29H2,1H3,(H-,40,41)/p+1. The van der Waals surface area contributed by atoms with E-state index < -0.39 is 7.26 Å². The van der Waals surface area contributed by atoms with Gasteiger partial charge in [0.25, 0.3) is 0 Å². The number of phenolic OH excluding ortho intramolecular Hbond substituents is 2. The average Bonchev–Trinajstić information content (AvgIpc) is 3.05. The van der Waals surface area contributed by atoms with Crippen molar-refractivity contribution in [1.82, 2.24) is 5.32 Å². The quantitative estimate of drug-likeness (QED) is 0.102. The SMILES string of the molecule is CCc1ccc(O)c(CCCCNCc2cc(C[P+](c3ccccc3)(c3ccccc3)c3ccccc3)ccc2O)c1. The molecule has 0 atom stereocenters. The largest absolute Gasteiger partial charge is 0.508 e. The Hall–Kier alpha value is -3.91. The summed E-state index contributed by atoms with van der Waals surface area (Å²) in [6.07, 6.45) is 4.71. The van der Waals surface area contributed by atoms with Crippen LogP contribution in [-0.2, 0) is 25.5 Å². The third-order valence-corrected chi connectivity index (χ3v) is 12.5. The second-order valence-corrected chi connectivity index (χ2v) is 14.4. The van der Waals surface area contributed by atoms with Gasteiger partial charge in [-0.2, -0.15) is 0 Å². The second kappa shape index (κ2) is 14.3. The van der Waals surface area contributed by atoms with Gasteiger partial charge < -0.3 is 15.5 Å². The number of nitrogens with one attached hydrogen (secondary N) is 1. The van der Waals surface area contributed by atoms with Crippen LogP contribution in [0.15, 0.2) is 127 Å². The Balaban J connectivity index is 1.32. The number of rotatable bonds is 13. The maximum absolute atomic E-state index is 10.8. The Morgan fingerprint density at radius 3 is 1.62 bits per heavy atom. The molecule has 5 rings (SSSR count). The van der Waals surface area contributed by atoms with Crippen LogP contribution in [0.1, 0.15) is 42.0 Å². The van der Waals surface area contributed by atoms with Crippen molar-refractivity contribution in [2.45, 2.75) is 45.3 Å². The molecule has 0 aromatic heterocycles. The van der Waals surface area contributed by atoms with Crippen LogP contribution in [0.4, 0.5) is 0 Å². The van der Waals surface area contributed by atoms with E-state index in [9.17, 15) is 10.2 Å². The van der Waals surface area contributed by atoms with Crippen LogP contribution in [0.3, 0.4) is 0 Å². The maximum atomic E-state index is 10.8. The third-order valence-electron chi connectivity index (χ3n) is 8.07. The van der Waals surface area contributed by atoms with Gasteiger partial charge in [-0.05, 0) is 104 Å². The minimum atomic E-state index is -2.01. The summed E-state index contributed by atoms with van der Waals surface area (Å²) < 4.78 is 0. The topological polar surface area (TPSA) is 52.5 Å². The minimum Gasteiger partial charge on any atom is -0.508 e. The molecule has 0 aliphatic rings. The molecule has 5 aromatic carbocycles. The summed E-state index contributed by atoms with van der Waals surface area (Å²) in [4.78, 5) is 0. The Kier molecular flexibility index (Phi) is 10.1. The van der Waals surface area contributed by atoms with E-state index in [0.717, 1.165) is 49.5 Å². The van der Waals surface area contributed by atoms with Crippen LogP contribution in [0.25, 0.3) is 0 Å². The molecule has 214 valence electrons. The van der Waals surface area contributed by atoms with E-state index in [2.05, 4.69) is 121 Å². The van der Waals surface area contributed by atoms with Crippen molar-refractivity contribution in [3.05, 3.63) is 150 Å². The van der Waals surface area contributed by atoms with Crippen LogP contribution in [0, 0.1) is 0 Å². The monoisotopic (exact) mass is 574 g/mol. The highest BCUT2D eigenvalue weighted by Crippen LogP contribution is 2.58. The van der Waals surface area contributed by atoms with Crippen molar-refractivity contribution in [2.24, 2.45) is 0 Å². The fourth-order valence-electron chi connectivity index (χ4n) is 5.77. The van der Waals surface area contributed by atoms with Gasteiger partial charge in [0, 0.05) is 12.1 Å². The van der Waals surface area contributed by atoms with Crippen molar-refractivity contribution >= 4 is 23.2 Å². The predicted octanol–water partition coefficient (Wildman–Crippen LogP) is 7.27. The summed E-state index contributed by atoms with van der Waals surface area (Å²) in [6, 6.07) is 44.8. The zero-order chi connectivity index (χ0) is 29.2. The molecular formula is C38H41NO2P+. The zero-order valence-corrected chi connectivity index (χ0v) is 25.3. The lowest BCUT2D eigenvalue weighted by atomic mass is 10.0. The summed E-state index contributed by atoms with van der Waals surface area (Å²) in [5.74, 6) is 0.720. The zero-order valence-electron chi connectivity index (χ0n) is 24.4. The number of hydrogen-bond donors (Lipinski definition) is 3. The van der Waals surface area contributed by atoms with E-state index in [-0.39, 0.29) is 0 Å². The lowest BCUT2D eigenvalue weighted by molar-refractivity contribution is 0.461. The molecule has 0 heterocycles. The lowest BCUT2D eigenvalue weighted by Crippen LogP contribution is -2.32. The molecule has 0 radical (unpaired) electrons. The molecule has 0 unspecified atom stereocenters. The fourth-order valence-corrected chi connectivity index (χ4v) is 10.00. The number of unbranched alkanes of at least 4 members (excludes halogenated alkanes) is 1. The molecule has 0 aliphatic carbocycles. The van der Waals surface area contributed by atoms with Crippen molar-refractivity contribution in [2.75, 3.05) is 6.54 Å². The molecule has 0 fully saturated rings. The van der Waals surface area contributed by atoms with E-state index in [1.807, 2.05) is 18.2 Å². The van der Waals surface area contributed by atoms with E-state index in [4.69, 9.17) is 0 Å². The van der Waals surface area contributed by atoms with Crippen molar-refractivity contribution < 1.29 is 10.2 Å². The van der Waals surface area contributed by atoms with E-state index in [1.165, 1.54) is 27.0 Å².